The highest BCUT2D eigenvalue weighted by molar-refractivity contribution is 5.75. The van der Waals surface area contributed by atoms with Crippen molar-refractivity contribution in [1.82, 2.24) is 0 Å². The fraction of sp³-hybridized carbons (Fsp3) is 0.850. The summed E-state index contributed by atoms with van der Waals surface area (Å²) >= 11 is 0. The number of hydrogen-bond acceptors (Lipinski definition) is 3. The zero-order valence-electron chi connectivity index (χ0n) is 15.3. The summed E-state index contributed by atoms with van der Waals surface area (Å²) in [6, 6.07) is 0. The molecule has 4 nitrogen and oxygen atoms in total. The minimum absolute atomic E-state index is 0.0139. The third-order valence-corrected chi connectivity index (χ3v) is 7.17. The molecule has 2 rings (SSSR count). The van der Waals surface area contributed by atoms with Gasteiger partial charge in [-0.1, -0.05) is 25.5 Å². The molecule has 0 radical (unpaired) electrons. The lowest BCUT2D eigenvalue weighted by molar-refractivity contribution is -0.164. The minimum atomic E-state index is -0.654. The van der Waals surface area contributed by atoms with Crippen LogP contribution in [-0.2, 0) is 4.79 Å². The van der Waals surface area contributed by atoms with Gasteiger partial charge in [0.05, 0.1) is 5.41 Å². The summed E-state index contributed by atoms with van der Waals surface area (Å²) in [7, 11) is 0. The monoisotopic (exact) mass is 338 g/mol. The fourth-order valence-electron chi connectivity index (χ4n) is 5.65. The second-order valence-corrected chi connectivity index (χ2v) is 8.52. The molecule has 0 bridgehead atoms. The topological polar surface area (TPSA) is 77.8 Å². The fourth-order valence-corrected chi connectivity index (χ4v) is 5.65. The van der Waals surface area contributed by atoms with Crippen LogP contribution in [0.15, 0.2) is 12.2 Å². The van der Waals surface area contributed by atoms with Gasteiger partial charge in [0, 0.05) is 13.2 Å². The average Bonchev–Trinajstić information content (AvgIpc) is 2.52. The SMILES string of the molecule is C=C1CCC2C(C)(C(=O)O)CCCC2(C)C1CCC(CO)CCO. The molecule has 3 N–H and O–H groups in total. The maximum Gasteiger partial charge on any atom is 0.309 e. The van der Waals surface area contributed by atoms with Crippen LogP contribution in [0, 0.1) is 28.6 Å². The summed E-state index contributed by atoms with van der Waals surface area (Å²) in [6.07, 6.45) is 7.06. The molecule has 2 fully saturated rings. The molecule has 24 heavy (non-hydrogen) atoms. The Morgan fingerprint density at radius 1 is 1.29 bits per heavy atom. The predicted octanol–water partition coefficient (Wildman–Crippen LogP) is 3.62. The Hall–Kier alpha value is -0.870. The zero-order chi connectivity index (χ0) is 18.0. The third kappa shape index (κ3) is 3.41. The average molecular weight is 338 g/mol. The molecular weight excluding hydrogens is 304 g/mol. The molecule has 2 saturated carbocycles. The zero-order valence-corrected chi connectivity index (χ0v) is 15.3. The highest BCUT2D eigenvalue weighted by Crippen LogP contribution is 2.62. The molecule has 4 heteroatoms. The molecule has 0 amide bonds. The van der Waals surface area contributed by atoms with Crippen molar-refractivity contribution in [1.29, 1.82) is 0 Å². The number of carboxylic acids is 1. The van der Waals surface area contributed by atoms with Gasteiger partial charge in [-0.25, -0.2) is 0 Å². The van der Waals surface area contributed by atoms with Crippen molar-refractivity contribution in [3.8, 4) is 0 Å². The second-order valence-electron chi connectivity index (χ2n) is 8.52. The molecule has 0 aromatic heterocycles. The van der Waals surface area contributed by atoms with Crippen molar-refractivity contribution < 1.29 is 20.1 Å². The maximum absolute atomic E-state index is 12.0. The van der Waals surface area contributed by atoms with Crippen LogP contribution < -0.4 is 0 Å². The number of rotatable bonds is 7. The number of allylic oxidation sites excluding steroid dienone is 1. The molecule has 0 aromatic rings. The number of hydrogen-bond donors (Lipinski definition) is 3. The Bertz CT molecular complexity index is 474. The number of aliphatic hydroxyl groups excluding tert-OH is 2. The van der Waals surface area contributed by atoms with E-state index in [9.17, 15) is 15.0 Å². The predicted molar refractivity (Wildman–Crippen MR) is 94.6 cm³/mol. The van der Waals surface area contributed by atoms with Crippen molar-refractivity contribution in [2.75, 3.05) is 13.2 Å². The van der Waals surface area contributed by atoms with Crippen molar-refractivity contribution >= 4 is 5.97 Å². The van der Waals surface area contributed by atoms with Gasteiger partial charge in [-0.3, -0.25) is 4.79 Å². The molecule has 2 aliphatic rings. The van der Waals surface area contributed by atoms with Crippen LogP contribution in [0.5, 0.6) is 0 Å². The van der Waals surface area contributed by atoms with E-state index in [1.165, 1.54) is 5.57 Å². The Morgan fingerprint density at radius 3 is 2.58 bits per heavy atom. The van der Waals surface area contributed by atoms with Crippen LogP contribution in [0.2, 0.25) is 0 Å². The molecule has 0 aromatic carbocycles. The van der Waals surface area contributed by atoms with E-state index < -0.39 is 11.4 Å². The van der Waals surface area contributed by atoms with E-state index in [4.69, 9.17) is 5.11 Å². The van der Waals surface area contributed by atoms with E-state index in [1.807, 2.05) is 6.92 Å². The first kappa shape index (κ1) is 19.5. The van der Waals surface area contributed by atoms with E-state index in [0.29, 0.717) is 12.3 Å². The number of carboxylic acid groups (broad SMARTS) is 1. The standard InChI is InChI=1S/C20H34O4/c1-14-5-8-17-19(2,10-4-11-20(17,3)18(23)24)16(14)7-6-15(13-22)9-12-21/h15-17,21-22H,1,4-13H2,2-3H3,(H,23,24). The Morgan fingerprint density at radius 2 is 2.00 bits per heavy atom. The van der Waals surface area contributed by atoms with Crippen molar-refractivity contribution in [3.63, 3.8) is 0 Å². The molecule has 0 aliphatic heterocycles. The van der Waals surface area contributed by atoms with E-state index in [1.54, 1.807) is 0 Å². The first-order valence-electron chi connectivity index (χ1n) is 9.42. The van der Waals surface area contributed by atoms with Gasteiger partial charge in [0.25, 0.3) is 0 Å². The van der Waals surface area contributed by atoms with Crippen LogP contribution in [-0.4, -0.2) is 34.5 Å². The lowest BCUT2D eigenvalue weighted by atomic mass is 9.46. The highest BCUT2D eigenvalue weighted by atomic mass is 16.4. The van der Waals surface area contributed by atoms with Crippen LogP contribution in [0.3, 0.4) is 0 Å². The number of fused-ring (bicyclic) bond motifs is 1. The summed E-state index contributed by atoms with van der Waals surface area (Å²) in [5.41, 5.74) is 0.608. The van der Waals surface area contributed by atoms with Gasteiger partial charge in [-0.15, -0.1) is 0 Å². The van der Waals surface area contributed by atoms with Gasteiger partial charge in [0.1, 0.15) is 0 Å². The number of aliphatic carboxylic acids is 1. The molecular formula is C20H34O4. The van der Waals surface area contributed by atoms with E-state index in [0.717, 1.165) is 44.9 Å². The largest absolute Gasteiger partial charge is 0.481 e. The Kier molecular flexibility index (Phi) is 6.14. The van der Waals surface area contributed by atoms with Crippen LogP contribution in [0.1, 0.15) is 65.2 Å². The molecule has 0 saturated heterocycles. The summed E-state index contributed by atoms with van der Waals surface area (Å²) in [6.45, 7) is 8.73. The van der Waals surface area contributed by atoms with E-state index in [2.05, 4.69) is 13.5 Å². The summed E-state index contributed by atoms with van der Waals surface area (Å²) in [5.74, 6) is -0.0143. The van der Waals surface area contributed by atoms with Gasteiger partial charge >= 0.3 is 5.97 Å². The van der Waals surface area contributed by atoms with Gasteiger partial charge in [-0.05, 0) is 75.0 Å². The van der Waals surface area contributed by atoms with Gasteiger partial charge in [0.15, 0.2) is 0 Å². The van der Waals surface area contributed by atoms with Crippen LogP contribution >= 0.6 is 0 Å². The molecule has 5 atom stereocenters. The minimum Gasteiger partial charge on any atom is -0.481 e. The first-order chi connectivity index (χ1) is 11.3. The van der Waals surface area contributed by atoms with Gasteiger partial charge in [-0.2, -0.15) is 0 Å². The molecule has 5 unspecified atom stereocenters. The van der Waals surface area contributed by atoms with Crippen molar-refractivity contribution in [3.05, 3.63) is 12.2 Å². The van der Waals surface area contributed by atoms with Crippen molar-refractivity contribution in [2.45, 2.75) is 65.2 Å². The van der Waals surface area contributed by atoms with Gasteiger partial charge in [0.2, 0.25) is 0 Å². The van der Waals surface area contributed by atoms with Gasteiger partial charge < -0.3 is 15.3 Å². The van der Waals surface area contributed by atoms with E-state index in [-0.39, 0.29) is 30.5 Å². The second kappa shape index (κ2) is 7.57. The lowest BCUT2D eigenvalue weighted by Gasteiger charge is -2.57. The maximum atomic E-state index is 12.0. The van der Waals surface area contributed by atoms with Crippen LogP contribution in [0.4, 0.5) is 0 Å². The molecule has 138 valence electrons. The molecule has 0 spiro atoms. The Labute approximate surface area is 146 Å². The molecule has 0 heterocycles. The summed E-state index contributed by atoms with van der Waals surface area (Å²) < 4.78 is 0. The molecule has 2 aliphatic carbocycles. The number of carbonyl (C=O) groups is 1. The first-order valence-corrected chi connectivity index (χ1v) is 9.42. The normalized spacial score (nSPS) is 37.8. The smallest absolute Gasteiger partial charge is 0.309 e. The van der Waals surface area contributed by atoms with E-state index >= 15 is 0 Å². The van der Waals surface area contributed by atoms with Crippen LogP contribution in [0.25, 0.3) is 0 Å². The highest BCUT2D eigenvalue weighted by Gasteiger charge is 2.57. The Balaban J connectivity index is 2.20. The van der Waals surface area contributed by atoms with Crippen molar-refractivity contribution in [2.24, 2.45) is 28.6 Å². The summed E-state index contributed by atoms with van der Waals surface area (Å²) in [5, 5.41) is 28.5. The summed E-state index contributed by atoms with van der Waals surface area (Å²) in [4.78, 5) is 12.0. The lowest BCUT2D eigenvalue weighted by Crippen LogP contribution is -2.53. The third-order valence-electron chi connectivity index (χ3n) is 7.17. The quantitative estimate of drug-likeness (QED) is 0.620. The number of aliphatic hydroxyl groups is 2.